The first-order valence-corrected chi connectivity index (χ1v) is 45.8. The predicted octanol–water partition coefficient (Wildman–Crippen LogP) is 25.8. The lowest BCUT2D eigenvalue weighted by Gasteiger charge is -2.21. The molecule has 16 nitrogen and oxygen atoms in total. The van der Waals surface area contributed by atoms with Crippen LogP contribution in [0.3, 0.4) is 0 Å². The molecule has 109 heavy (non-hydrogen) atoms. The van der Waals surface area contributed by atoms with Crippen molar-refractivity contribution in [3.05, 3.63) is 158 Å². The molecule has 0 rings (SSSR count). The van der Waals surface area contributed by atoms with E-state index in [-0.39, 0.29) is 19.3 Å². The normalized spacial score (nSPS) is 14.7. The fraction of sp³-hybridized carbons (Fsp3) is 0.681. The molecule has 0 aliphatic rings. The van der Waals surface area contributed by atoms with Crippen LogP contribution in [0.4, 0.5) is 0 Å². The summed E-state index contributed by atoms with van der Waals surface area (Å²) in [6.07, 6.45) is 104. The van der Waals surface area contributed by atoms with Crippen molar-refractivity contribution in [2.24, 2.45) is 0 Å². The molecular formula is C91H154O16P2. The second kappa shape index (κ2) is 82.6. The maximum Gasteiger partial charge on any atom is 0.472 e. The van der Waals surface area contributed by atoms with E-state index in [9.17, 15) is 43.5 Å². The molecule has 0 radical (unpaired) electrons. The lowest BCUT2D eigenvalue weighted by molar-refractivity contribution is -0.161. The third-order valence-electron chi connectivity index (χ3n) is 17.7. The minimum absolute atomic E-state index is 0.0205. The SMILES string of the molecule is CC/C=C\C/C=C\C/C=C\C/C=C\C/C=C\CCCC(=O)OC(COC(=O)CCCCCCCCCCC/C=C\C/C=C\C/C=C\C/C=C\CCCCC)COP(=O)(O)OCC(O)COP(=O)(O)OCC(O)COC(=O)CCCCCCCCCCCCCCCCC/C=C\C/C=C\C/C=C\C/C=C\CCCCC. The van der Waals surface area contributed by atoms with Gasteiger partial charge in [0.1, 0.15) is 25.4 Å². The van der Waals surface area contributed by atoms with Gasteiger partial charge in [0.2, 0.25) is 0 Å². The number of aliphatic hydroxyl groups excluding tert-OH is 2. The van der Waals surface area contributed by atoms with E-state index in [2.05, 4.69) is 167 Å². The highest BCUT2D eigenvalue weighted by Gasteiger charge is 2.29. The van der Waals surface area contributed by atoms with Crippen LogP contribution in [-0.2, 0) is 55.8 Å². The summed E-state index contributed by atoms with van der Waals surface area (Å²) in [5.74, 6) is -1.65. The van der Waals surface area contributed by atoms with Crippen LogP contribution >= 0.6 is 15.6 Å². The molecule has 0 aliphatic heterocycles. The molecule has 0 amide bonds. The molecule has 0 aromatic carbocycles. The van der Waals surface area contributed by atoms with Crippen molar-refractivity contribution in [2.75, 3.05) is 39.6 Å². The number of rotatable bonds is 80. The molecule has 0 bridgehead atoms. The fourth-order valence-electron chi connectivity index (χ4n) is 11.2. The standard InChI is InChI=1S/C91H154O16P2/c1-4-7-10-13-16-19-22-25-28-31-33-35-37-39-40-41-42-43-44-46-48-49-51-54-56-59-62-65-68-71-74-77-89(94)101-80-86(92)81-103-108(97,98)104-82-87(93)83-105-109(99,100)106-85-88(107-91(96)79-76-73-70-67-64-61-58-53-30-27-24-21-18-15-12-9-6-3)84-102-90(95)78-75-72-69-66-63-60-57-55-52-50-47-45-38-36-34-32-29-26-23-20-17-14-11-8-5-2/h9,12,16-21,25-30,33-36,39-40,45,47,58,61,67,70,86-88,92-93H,4-8,10-11,13-15,22-24,31-32,37-38,41-44,46,48-57,59-60,62-66,68-69,71-85H2,1-3H3,(H,97,98)(H,99,100)/b12-9-,19-16-,20-17-,21-18-,28-25-,29-26-,30-27-,35-33-,36-34-,40-39-,47-45-,61-58-,70-67-. The lowest BCUT2D eigenvalue weighted by Crippen LogP contribution is -2.30. The number of allylic oxidation sites excluding steroid dienone is 26. The maximum absolute atomic E-state index is 13.0. The number of carbonyl (C=O) groups excluding carboxylic acids is 3. The van der Waals surface area contributed by atoms with Crippen molar-refractivity contribution in [3.63, 3.8) is 0 Å². The molecule has 0 aliphatic carbocycles. The molecule has 18 heteroatoms. The van der Waals surface area contributed by atoms with E-state index in [0.717, 1.165) is 122 Å². The zero-order valence-corrected chi connectivity index (χ0v) is 70.2. The highest BCUT2D eigenvalue weighted by atomic mass is 31.2. The van der Waals surface area contributed by atoms with E-state index >= 15 is 0 Å². The smallest absolute Gasteiger partial charge is 0.463 e. The van der Waals surface area contributed by atoms with E-state index in [1.54, 1.807) is 0 Å². The van der Waals surface area contributed by atoms with Crippen LogP contribution in [0.15, 0.2) is 158 Å². The minimum atomic E-state index is -4.96. The van der Waals surface area contributed by atoms with E-state index in [0.29, 0.717) is 25.7 Å². The third kappa shape index (κ3) is 83.9. The summed E-state index contributed by atoms with van der Waals surface area (Å²) in [6.45, 7) is 2.45. The average Bonchev–Trinajstić information content (AvgIpc) is 0.906. The van der Waals surface area contributed by atoms with Crippen molar-refractivity contribution in [1.82, 2.24) is 0 Å². The van der Waals surface area contributed by atoms with E-state index in [1.807, 2.05) is 12.2 Å². The van der Waals surface area contributed by atoms with Gasteiger partial charge in [-0.25, -0.2) is 9.13 Å². The van der Waals surface area contributed by atoms with Crippen molar-refractivity contribution in [1.29, 1.82) is 0 Å². The van der Waals surface area contributed by atoms with Crippen LogP contribution in [0, 0.1) is 0 Å². The summed E-state index contributed by atoms with van der Waals surface area (Å²) in [4.78, 5) is 58.8. The van der Waals surface area contributed by atoms with Gasteiger partial charge in [-0.3, -0.25) is 32.5 Å². The topological polar surface area (TPSA) is 231 Å². The molecule has 0 aromatic rings. The zero-order chi connectivity index (χ0) is 79.4. The van der Waals surface area contributed by atoms with Gasteiger partial charge in [-0.05, 0) is 148 Å². The Morgan fingerprint density at radius 1 is 0.266 bits per heavy atom. The van der Waals surface area contributed by atoms with Crippen molar-refractivity contribution in [2.45, 2.75) is 360 Å². The first-order valence-electron chi connectivity index (χ1n) is 42.8. The van der Waals surface area contributed by atoms with Crippen LogP contribution in [-0.4, -0.2) is 95.9 Å². The molecule has 0 aromatic heterocycles. The van der Waals surface area contributed by atoms with Gasteiger partial charge in [0, 0.05) is 19.3 Å². The van der Waals surface area contributed by atoms with Gasteiger partial charge >= 0.3 is 33.6 Å². The van der Waals surface area contributed by atoms with E-state index in [1.165, 1.54) is 154 Å². The second-order valence-electron chi connectivity index (χ2n) is 28.2. The summed E-state index contributed by atoms with van der Waals surface area (Å²) in [7, 11) is -9.82. The first kappa shape index (κ1) is 104. The highest BCUT2D eigenvalue weighted by Crippen LogP contribution is 2.45. The summed E-state index contributed by atoms with van der Waals surface area (Å²) < 4.78 is 61.2. The summed E-state index contributed by atoms with van der Waals surface area (Å²) >= 11 is 0. The molecule has 0 spiro atoms. The quantitative estimate of drug-likeness (QED) is 0.0146. The largest absolute Gasteiger partial charge is 0.472 e. The Kier molecular flexibility index (Phi) is 79.0. The van der Waals surface area contributed by atoms with Crippen LogP contribution in [0.25, 0.3) is 0 Å². The van der Waals surface area contributed by atoms with Crippen molar-refractivity contribution in [3.8, 4) is 0 Å². The number of ether oxygens (including phenoxy) is 3. The van der Waals surface area contributed by atoms with Crippen LogP contribution in [0.5, 0.6) is 0 Å². The number of esters is 3. The van der Waals surface area contributed by atoms with Crippen molar-refractivity contribution >= 4 is 33.6 Å². The molecule has 0 heterocycles. The summed E-state index contributed by atoms with van der Waals surface area (Å²) in [6, 6.07) is 0. The number of hydrogen-bond acceptors (Lipinski definition) is 14. The number of hydrogen-bond donors (Lipinski definition) is 4. The Hall–Kier alpha value is -4.83. The third-order valence-corrected chi connectivity index (χ3v) is 19.6. The number of carbonyl (C=O) groups is 3. The number of aliphatic hydroxyl groups is 2. The monoisotopic (exact) mass is 1570 g/mol. The Bertz CT molecular complexity index is 2610. The Morgan fingerprint density at radius 2 is 0.495 bits per heavy atom. The summed E-state index contributed by atoms with van der Waals surface area (Å²) in [5.41, 5.74) is 0. The van der Waals surface area contributed by atoms with Gasteiger partial charge in [0.25, 0.3) is 0 Å². The van der Waals surface area contributed by atoms with E-state index in [4.69, 9.17) is 32.3 Å². The maximum atomic E-state index is 13.0. The van der Waals surface area contributed by atoms with Gasteiger partial charge in [-0.2, -0.15) is 0 Å². The second-order valence-corrected chi connectivity index (χ2v) is 31.2. The van der Waals surface area contributed by atoms with Gasteiger partial charge in [0.05, 0.1) is 26.4 Å². The molecule has 5 unspecified atom stereocenters. The number of phosphoric ester groups is 2. The Balaban J connectivity index is 4.57. The first-order chi connectivity index (χ1) is 53.2. The number of unbranched alkanes of at least 4 members (excludes halogenated alkanes) is 31. The Morgan fingerprint density at radius 3 is 0.798 bits per heavy atom. The molecule has 5 atom stereocenters. The molecule has 0 fully saturated rings. The molecule has 4 N–H and O–H groups in total. The van der Waals surface area contributed by atoms with Crippen molar-refractivity contribution < 1.29 is 75.8 Å². The molecular weight excluding hydrogens is 1410 g/mol. The zero-order valence-electron chi connectivity index (χ0n) is 68.4. The van der Waals surface area contributed by atoms with Gasteiger partial charge in [-0.1, -0.05) is 333 Å². The molecule has 0 saturated carbocycles. The lowest BCUT2D eigenvalue weighted by atomic mass is 10.0. The highest BCUT2D eigenvalue weighted by molar-refractivity contribution is 7.47. The summed E-state index contributed by atoms with van der Waals surface area (Å²) in [5, 5.41) is 20.7. The van der Waals surface area contributed by atoms with Crippen LogP contribution in [0.2, 0.25) is 0 Å². The molecule has 0 saturated heterocycles. The fourth-order valence-corrected chi connectivity index (χ4v) is 12.8. The van der Waals surface area contributed by atoms with Gasteiger partial charge in [-0.15, -0.1) is 0 Å². The Labute approximate surface area is 663 Å². The van der Waals surface area contributed by atoms with Crippen LogP contribution in [0.1, 0.15) is 342 Å². The predicted molar refractivity (Wildman–Crippen MR) is 454 cm³/mol. The molecule has 624 valence electrons. The number of phosphoric acid groups is 2. The minimum Gasteiger partial charge on any atom is -0.463 e. The van der Waals surface area contributed by atoms with Gasteiger partial charge < -0.3 is 34.2 Å². The van der Waals surface area contributed by atoms with Gasteiger partial charge in [0.15, 0.2) is 6.10 Å². The van der Waals surface area contributed by atoms with E-state index < -0.39 is 91.5 Å². The van der Waals surface area contributed by atoms with Crippen LogP contribution < -0.4 is 0 Å². The average molecular weight is 1570 g/mol.